The van der Waals surface area contributed by atoms with E-state index in [0.717, 1.165) is 18.4 Å². The molecule has 112 valence electrons. The number of nitrogens with zero attached hydrogens (tertiary/aromatic N) is 2. The van der Waals surface area contributed by atoms with Crippen LogP contribution in [0.1, 0.15) is 38.2 Å². The van der Waals surface area contributed by atoms with E-state index in [0.29, 0.717) is 12.6 Å². The predicted octanol–water partition coefficient (Wildman–Crippen LogP) is 3.40. The van der Waals surface area contributed by atoms with Crippen LogP contribution in [-0.4, -0.2) is 28.3 Å². The first-order chi connectivity index (χ1) is 10.1. The maximum atomic E-state index is 12.2. The Bertz CT molecular complexity index is 531. The Morgan fingerprint density at radius 3 is 2.48 bits per heavy atom. The molecule has 2 rings (SSSR count). The van der Waals surface area contributed by atoms with Crippen molar-refractivity contribution in [2.45, 2.75) is 38.6 Å². The van der Waals surface area contributed by atoms with E-state index in [2.05, 4.69) is 0 Å². The third-order valence-electron chi connectivity index (χ3n) is 3.91. The third-order valence-corrected chi connectivity index (χ3v) is 3.91. The number of nitro groups is 1. The van der Waals surface area contributed by atoms with Gasteiger partial charge in [-0.15, -0.1) is 0 Å². The van der Waals surface area contributed by atoms with E-state index in [1.54, 1.807) is 24.3 Å². The molecular weight excluding hydrogens is 268 g/mol. The van der Waals surface area contributed by atoms with Crippen LogP contribution in [0.15, 0.2) is 30.3 Å². The maximum absolute atomic E-state index is 12.2. The Labute approximate surface area is 124 Å². The van der Waals surface area contributed by atoms with Crippen molar-refractivity contribution in [1.29, 1.82) is 0 Å². The summed E-state index contributed by atoms with van der Waals surface area (Å²) >= 11 is 0. The highest BCUT2D eigenvalue weighted by molar-refractivity contribution is 5.92. The van der Waals surface area contributed by atoms with E-state index in [9.17, 15) is 14.9 Å². The molecule has 0 saturated heterocycles. The average Bonchev–Trinajstić information content (AvgIpc) is 3.00. The first-order valence-corrected chi connectivity index (χ1v) is 7.35. The quantitative estimate of drug-likeness (QED) is 0.474. The van der Waals surface area contributed by atoms with Crippen molar-refractivity contribution in [2.75, 3.05) is 6.54 Å². The molecule has 21 heavy (non-hydrogen) atoms. The van der Waals surface area contributed by atoms with Crippen LogP contribution in [0.3, 0.4) is 0 Å². The minimum Gasteiger partial charge on any atom is -0.336 e. The van der Waals surface area contributed by atoms with Crippen LogP contribution in [0.25, 0.3) is 6.08 Å². The second-order valence-corrected chi connectivity index (χ2v) is 5.24. The van der Waals surface area contributed by atoms with Crippen LogP contribution in [0.2, 0.25) is 0 Å². The van der Waals surface area contributed by atoms with Crippen LogP contribution in [0.5, 0.6) is 0 Å². The Hall–Kier alpha value is -2.17. The van der Waals surface area contributed by atoms with Crippen LogP contribution < -0.4 is 0 Å². The molecule has 0 atom stereocenters. The summed E-state index contributed by atoms with van der Waals surface area (Å²) in [6.07, 6.45) is 7.84. The predicted molar refractivity (Wildman–Crippen MR) is 81.8 cm³/mol. The molecule has 1 amide bonds. The fourth-order valence-corrected chi connectivity index (χ4v) is 2.78. The zero-order valence-electron chi connectivity index (χ0n) is 12.2. The molecule has 0 spiro atoms. The zero-order chi connectivity index (χ0) is 15.2. The van der Waals surface area contributed by atoms with E-state index in [-0.39, 0.29) is 11.6 Å². The topological polar surface area (TPSA) is 63.5 Å². The summed E-state index contributed by atoms with van der Waals surface area (Å²) in [5, 5.41) is 10.6. The van der Waals surface area contributed by atoms with Gasteiger partial charge in [0.05, 0.1) is 4.92 Å². The van der Waals surface area contributed by atoms with Crippen LogP contribution >= 0.6 is 0 Å². The van der Waals surface area contributed by atoms with Gasteiger partial charge < -0.3 is 4.90 Å². The van der Waals surface area contributed by atoms with Gasteiger partial charge in [0.2, 0.25) is 5.91 Å². The Morgan fingerprint density at radius 2 is 1.95 bits per heavy atom. The smallest absolute Gasteiger partial charge is 0.269 e. The van der Waals surface area contributed by atoms with Crippen molar-refractivity contribution in [2.24, 2.45) is 0 Å². The van der Waals surface area contributed by atoms with Crippen LogP contribution in [0, 0.1) is 10.1 Å². The minimum absolute atomic E-state index is 0.0164. The number of carbonyl (C=O) groups is 1. The van der Waals surface area contributed by atoms with Gasteiger partial charge in [-0.25, -0.2) is 0 Å². The van der Waals surface area contributed by atoms with Crippen molar-refractivity contribution in [3.8, 4) is 0 Å². The van der Waals surface area contributed by atoms with Crippen molar-refractivity contribution in [3.05, 3.63) is 46.0 Å². The zero-order valence-corrected chi connectivity index (χ0v) is 12.2. The monoisotopic (exact) mass is 288 g/mol. The van der Waals surface area contributed by atoms with E-state index in [1.165, 1.54) is 25.0 Å². The lowest BCUT2D eigenvalue weighted by Gasteiger charge is -2.26. The normalized spacial score (nSPS) is 15.5. The highest BCUT2D eigenvalue weighted by atomic mass is 16.6. The summed E-state index contributed by atoms with van der Waals surface area (Å²) in [5.41, 5.74) is 0.844. The van der Waals surface area contributed by atoms with E-state index < -0.39 is 4.92 Å². The molecule has 1 aromatic rings. The molecule has 5 nitrogen and oxygen atoms in total. The third kappa shape index (κ3) is 3.90. The molecule has 1 aliphatic carbocycles. The molecule has 5 heteroatoms. The highest BCUT2D eigenvalue weighted by Crippen LogP contribution is 2.23. The summed E-state index contributed by atoms with van der Waals surface area (Å²) < 4.78 is 0. The van der Waals surface area contributed by atoms with Gasteiger partial charge in [-0.2, -0.15) is 0 Å². The molecule has 0 N–H and O–H groups in total. The number of rotatable bonds is 5. The number of hydrogen-bond acceptors (Lipinski definition) is 3. The molecule has 0 radical (unpaired) electrons. The van der Waals surface area contributed by atoms with Crippen molar-refractivity contribution in [3.63, 3.8) is 0 Å². The van der Waals surface area contributed by atoms with Gasteiger partial charge in [0.1, 0.15) is 0 Å². The van der Waals surface area contributed by atoms with Crippen LogP contribution in [0.4, 0.5) is 5.69 Å². The molecule has 1 fully saturated rings. The van der Waals surface area contributed by atoms with Gasteiger partial charge in [-0.05, 0) is 43.5 Å². The summed E-state index contributed by atoms with van der Waals surface area (Å²) in [6, 6.07) is 6.54. The number of likely N-dealkylation sites (N-methyl/N-ethyl adjacent to an activating group) is 1. The highest BCUT2D eigenvalue weighted by Gasteiger charge is 2.23. The number of nitro benzene ring substituents is 1. The summed E-state index contributed by atoms with van der Waals surface area (Å²) in [7, 11) is 0. The molecular formula is C16H20N2O3. The summed E-state index contributed by atoms with van der Waals surface area (Å²) in [4.78, 5) is 24.3. The van der Waals surface area contributed by atoms with E-state index >= 15 is 0 Å². The van der Waals surface area contributed by atoms with Gasteiger partial charge in [0, 0.05) is 30.8 Å². The minimum atomic E-state index is -0.433. The summed E-state index contributed by atoms with van der Waals surface area (Å²) in [5.74, 6) is 0.0164. The van der Waals surface area contributed by atoms with Gasteiger partial charge in [-0.3, -0.25) is 14.9 Å². The maximum Gasteiger partial charge on any atom is 0.269 e. The SMILES string of the molecule is CCN(C(=O)/C=C/c1ccc([N+](=O)[O-])cc1)C1CCCC1. The molecule has 1 aliphatic rings. The number of carbonyl (C=O) groups excluding carboxylic acids is 1. The number of hydrogen-bond donors (Lipinski definition) is 0. The first-order valence-electron chi connectivity index (χ1n) is 7.35. The van der Waals surface area contributed by atoms with Crippen molar-refractivity contribution >= 4 is 17.7 Å². The van der Waals surface area contributed by atoms with Gasteiger partial charge in [0.25, 0.3) is 5.69 Å². The molecule has 1 aromatic carbocycles. The first kappa shape index (κ1) is 15.2. The van der Waals surface area contributed by atoms with Gasteiger partial charge in [-0.1, -0.05) is 12.8 Å². The molecule has 0 aromatic heterocycles. The molecule has 0 bridgehead atoms. The molecule has 1 saturated carbocycles. The second kappa shape index (κ2) is 7.02. The summed E-state index contributed by atoms with van der Waals surface area (Å²) in [6.45, 7) is 2.71. The fourth-order valence-electron chi connectivity index (χ4n) is 2.78. The second-order valence-electron chi connectivity index (χ2n) is 5.24. The van der Waals surface area contributed by atoms with Crippen LogP contribution in [-0.2, 0) is 4.79 Å². The Morgan fingerprint density at radius 1 is 1.33 bits per heavy atom. The number of non-ortho nitro benzene ring substituents is 1. The average molecular weight is 288 g/mol. The van der Waals surface area contributed by atoms with Crippen molar-refractivity contribution in [1.82, 2.24) is 4.90 Å². The lowest BCUT2D eigenvalue weighted by atomic mass is 10.1. The van der Waals surface area contributed by atoms with Gasteiger partial charge in [0.15, 0.2) is 0 Å². The standard InChI is InChI=1S/C16H20N2O3/c1-2-17(14-5-3-4-6-14)16(19)12-9-13-7-10-15(11-8-13)18(20)21/h7-12,14H,2-6H2,1H3/b12-9+. The fraction of sp³-hybridized carbons (Fsp3) is 0.438. The van der Waals surface area contributed by atoms with E-state index in [4.69, 9.17) is 0 Å². The number of benzene rings is 1. The molecule has 0 unspecified atom stereocenters. The Kier molecular flexibility index (Phi) is 5.09. The number of amides is 1. The van der Waals surface area contributed by atoms with Gasteiger partial charge >= 0.3 is 0 Å². The lowest BCUT2D eigenvalue weighted by molar-refractivity contribution is -0.384. The van der Waals surface area contributed by atoms with E-state index in [1.807, 2.05) is 11.8 Å². The lowest BCUT2D eigenvalue weighted by Crippen LogP contribution is -2.37. The Balaban J connectivity index is 2.01. The largest absolute Gasteiger partial charge is 0.336 e. The van der Waals surface area contributed by atoms with Crippen molar-refractivity contribution < 1.29 is 9.72 Å². The molecule has 0 heterocycles. The molecule has 0 aliphatic heterocycles.